The molecule has 26 heavy (non-hydrogen) atoms. The number of halogens is 4. The lowest BCUT2D eigenvalue weighted by Gasteiger charge is -2.35. The predicted octanol–water partition coefficient (Wildman–Crippen LogP) is 5.06. The quantitative estimate of drug-likeness (QED) is 0.733. The summed E-state index contributed by atoms with van der Waals surface area (Å²) in [7, 11) is 0. The van der Waals surface area contributed by atoms with Gasteiger partial charge in [0.05, 0.1) is 16.6 Å². The Morgan fingerprint density at radius 3 is 2.15 bits per heavy atom. The number of piperazine rings is 1. The highest BCUT2D eigenvalue weighted by atomic mass is 35.5. The number of nitrogens with zero attached hydrogens (tertiary/aromatic N) is 2. The van der Waals surface area contributed by atoms with Crippen LogP contribution in [0.2, 0.25) is 20.1 Å². The largest absolute Gasteiger partial charge is 0.369 e. The average molecular weight is 433 g/mol. The molecule has 2 aromatic rings. The van der Waals surface area contributed by atoms with Crippen LogP contribution in [-0.4, -0.2) is 43.5 Å². The van der Waals surface area contributed by atoms with Crippen molar-refractivity contribution in [1.29, 1.82) is 0 Å². The van der Waals surface area contributed by atoms with E-state index in [0.29, 0.717) is 32.3 Å². The minimum atomic E-state index is -0.0914. The Kier molecular flexibility index (Phi) is 6.54. The van der Waals surface area contributed by atoms with E-state index in [2.05, 4.69) is 15.1 Å². The molecule has 1 amide bonds. The Labute approximate surface area is 172 Å². The number of hydrogen-bond donors (Lipinski definition) is 1. The molecule has 0 aliphatic carbocycles. The third-order valence-electron chi connectivity index (χ3n) is 4.15. The Hall–Kier alpha value is -1.17. The van der Waals surface area contributed by atoms with E-state index in [9.17, 15) is 4.79 Å². The summed E-state index contributed by atoms with van der Waals surface area (Å²) in [5.74, 6) is -0.0914. The topological polar surface area (TPSA) is 35.6 Å². The van der Waals surface area contributed by atoms with Gasteiger partial charge in [-0.2, -0.15) is 0 Å². The van der Waals surface area contributed by atoms with E-state index in [0.717, 1.165) is 31.9 Å². The lowest BCUT2D eigenvalue weighted by Crippen LogP contribution is -2.48. The van der Waals surface area contributed by atoms with Gasteiger partial charge < -0.3 is 10.2 Å². The third-order valence-corrected chi connectivity index (χ3v) is 5.33. The van der Waals surface area contributed by atoms with Crippen LogP contribution in [0.15, 0.2) is 36.4 Å². The van der Waals surface area contributed by atoms with Gasteiger partial charge in [0.2, 0.25) is 5.91 Å². The van der Waals surface area contributed by atoms with Crippen LogP contribution in [0.1, 0.15) is 0 Å². The van der Waals surface area contributed by atoms with Gasteiger partial charge in [-0.05, 0) is 36.4 Å². The van der Waals surface area contributed by atoms with Crippen LogP contribution >= 0.6 is 46.4 Å². The molecular formula is C18H17Cl4N3O. The van der Waals surface area contributed by atoms with Crippen molar-refractivity contribution in [3.63, 3.8) is 0 Å². The lowest BCUT2D eigenvalue weighted by atomic mass is 10.2. The number of carbonyl (C=O) groups is 1. The minimum Gasteiger partial charge on any atom is -0.369 e. The van der Waals surface area contributed by atoms with Crippen molar-refractivity contribution in [2.75, 3.05) is 42.9 Å². The molecule has 0 aromatic heterocycles. The number of hydrogen-bond acceptors (Lipinski definition) is 3. The van der Waals surface area contributed by atoms with Gasteiger partial charge in [0, 0.05) is 47.6 Å². The molecule has 1 saturated heterocycles. The van der Waals surface area contributed by atoms with E-state index < -0.39 is 0 Å². The lowest BCUT2D eigenvalue weighted by molar-refractivity contribution is -0.117. The van der Waals surface area contributed by atoms with Gasteiger partial charge in [-0.15, -0.1) is 0 Å². The molecule has 1 aliphatic heterocycles. The zero-order valence-electron chi connectivity index (χ0n) is 13.8. The van der Waals surface area contributed by atoms with Crippen LogP contribution in [-0.2, 0) is 4.79 Å². The summed E-state index contributed by atoms with van der Waals surface area (Å²) < 4.78 is 0. The standard InChI is InChI=1S/C18H17Cl4N3O/c19-12-7-13(20)9-14(8-12)23-18(26)11-24-3-5-25(6-4-24)15-1-2-16(21)17(22)10-15/h1-2,7-10H,3-6,11H2,(H,23,26). The second-order valence-corrected chi connectivity index (χ2v) is 7.76. The normalized spacial score (nSPS) is 15.2. The number of benzene rings is 2. The monoisotopic (exact) mass is 431 g/mol. The fourth-order valence-corrected chi connectivity index (χ4v) is 3.69. The van der Waals surface area contributed by atoms with Crippen LogP contribution in [0.3, 0.4) is 0 Å². The van der Waals surface area contributed by atoms with Gasteiger partial charge in [-0.1, -0.05) is 46.4 Å². The number of nitrogens with one attached hydrogen (secondary N) is 1. The molecule has 8 heteroatoms. The van der Waals surface area contributed by atoms with Crippen molar-refractivity contribution in [1.82, 2.24) is 4.90 Å². The van der Waals surface area contributed by atoms with E-state index in [1.54, 1.807) is 24.3 Å². The Morgan fingerprint density at radius 2 is 1.54 bits per heavy atom. The molecule has 4 nitrogen and oxygen atoms in total. The Bertz CT molecular complexity index is 787. The van der Waals surface area contributed by atoms with Crippen molar-refractivity contribution in [2.45, 2.75) is 0 Å². The van der Waals surface area contributed by atoms with Crippen molar-refractivity contribution in [3.05, 3.63) is 56.5 Å². The van der Waals surface area contributed by atoms with Gasteiger partial charge in [0.15, 0.2) is 0 Å². The van der Waals surface area contributed by atoms with Crippen molar-refractivity contribution >= 4 is 63.7 Å². The first kappa shape index (κ1) is 19.6. The van der Waals surface area contributed by atoms with E-state index in [1.807, 2.05) is 12.1 Å². The Balaban J connectivity index is 1.51. The zero-order valence-corrected chi connectivity index (χ0v) is 16.8. The van der Waals surface area contributed by atoms with Gasteiger partial charge in [0.25, 0.3) is 0 Å². The first-order chi connectivity index (χ1) is 12.4. The van der Waals surface area contributed by atoms with E-state index in [-0.39, 0.29) is 5.91 Å². The van der Waals surface area contributed by atoms with Crippen molar-refractivity contribution in [3.8, 4) is 0 Å². The highest BCUT2D eigenvalue weighted by molar-refractivity contribution is 6.42. The van der Waals surface area contributed by atoms with Gasteiger partial charge in [-0.3, -0.25) is 9.69 Å². The molecule has 0 atom stereocenters. The molecule has 3 rings (SSSR count). The van der Waals surface area contributed by atoms with Gasteiger partial charge >= 0.3 is 0 Å². The van der Waals surface area contributed by atoms with Crippen LogP contribution in [0.5, 0.6) is 0 Å². The maximum absolute atomic E-state index is 12.3. The predicted molar refractivity (Wildman–Crippen MR) is 110 cm³/mol. The highest BCUT2D eigenvalue weighted by Gasteiger charge is 2.20. The summed E-state index contributed by atoms with van der Waals surface area (Å²) in [6.07, 6.45) is 0. The molecule has 2 aromatic carbocycles. The molecular weight excluding hydrogens is 416 g/mol. The number of anilines is 2. The molecule has 138 valence electrons. The van der Waals surface area contributed by atoms with Crippen LogP contribution in [0.25, 0.3) is 0 Å². The molecule has 1 fully saturated rings. The molecule has 1 heterocycles. The molecule has 0 saturated carbocycles. The molecule has 1 aliphatic rings. The summed E-state index contributed by atoms with van der Waals surface area (Å²) in [4.78, 5) is 16.6. The van der Waals surface area contributed by atoms with Gasteiger partial charge in [0.1, 0.15) is 0 Å². The summed E-state index contributed by atoms with van der Waals surface area (Å²) in [5.41, 5.74) is 1.64. The van der Waals surface area contributed by atoms with E-state index >= 15 is 0 Å². The van der Waals surface area contributed by atoms with Crippen molar-refractivity contribution in [2.24, 2.45) is 0 Å². The fraction of sp³-hybridized carbons (Fsp3) is 0.278. The minimum absolute atomic E-state index is 0.0914. The number of carbonyl (C=O) groups excluding carboxylic acids is 1. The smallest absolute Gasteiger partial charge is 0.238 e. The van der Waals surface area contributed by atoms with Crippen LogP contribution < -0.4 is 10.2 Å². The maximum atomic E-state index is 12.3. The van der Waals surface area contributed by atoms with E-state index in [1.165, 1.54) is 0 Å². The summed E-state index contributed by atoms with van der Waals surface area (Å²) >= 11 is 24.0. The Morgan fingerprint density at radius 1 is 0.885 bits per heavy atom. The molecule has 0 radical (unpaired) electrons. The average Bonchev–Trinajstić information content (AvgIpc) is 2.57. The zero-order chi connectivity index (χ0) is 18.7. The first-order valence-electron chi connectivity index (χ1n) is 8.09. The van der Waals surface area contributed by atoms with Gasteiger partial charge in [-0.25, -0.2) is 0 Å². The van der Waals surface area contributed by atoms with Crippen LogP contribution in [0, 0.1) is 0 Å². The number of rotatable bonds is 4. The summed E-state index contributed by atoms with van der Waals surface area (Å²) in [6, 6.07) is 10.6. The number of amides is 1. The second kappa shape index (κ2) is 8.68. The summed E-state index contributed by atoms with van der Waals surface area (Å²) in [5, 5.41) is 4.91. The maximum Gasteiger partial charge on any atom is 0.238 e. The second-order valence-electron chi connectivity index (χ2n) is 6.07. The fourth-order valence-electron chi connectivity index (χ4n) is 2.88. The SMILES string of the molecule is O=C(CN1CCN(c2ccc(Cl)c(Cl)c2)CC1)Nc1cc(Cl)cc(Cl)c1. The van der Waals surface area contributed by atoms with Crippen molar-refractivity contribution < 1.29 is 4.79 Å². The molecule has 1 N–H and O–H groups in total. The first-order valence-corrected chi connectivity index (χ1v) is 9.60. The summed E-state index contributed by atoms with van der Waals surface area (Å²) in [6.45, 7) is 3.51. The van der Waals surface area contributed by atoms with Crippen LogP contribution in [0.4, 0.5) is 11.4 Å². The third kappa shape index (κ3) is 5.18. The highest BCUT2D eigenvalue weighted by Crippen LogP contribution is 2.28. The molecule has 0 unspecified atom stereocenters. The molecule has 0 bridgehead atoms. The molecule has 0 spiro atoms. The van der Waals surface area contributed by atoms with E-state index in [4.69, 9.17) is 46.4 Å².